The number of alkyl halides is 2. The molecule has 0 atom stereocenters. The van der Waals surface area contributed by atoms with E-state index in [-0.39, 0.29) is 5.69 Å². The van der Waals surface area contributed by atoms with Gasteiger partial charge in [0.15, 0.2) is 10.8 Å². The second-order valence-electron chi connectivity index (χ2n) is 5.22. The predicted octanol–water partition coefficient (Wildman–Crippen LogP) is 3.65. The lowest BCUT2D eigenvalue weighted by Crippen LogP contribution is -2.13. The van der Waals surface area contributed by atoms with Crippen LogP contribution >= 0.6 is 11.3 Å². The number of hydrogen-bond donors (Lipinski definition) is 1. The van der Waals surface area contributed by atoms with Crippen molar-refractivity contribution in [3.8, 4) is 0 Å². The van der Waals surface area contributed by atoms with E-state index in [0.29, 0.717) is 9.81 Å². The number of aromatic nitrogens is 3. The number of anilines is 1. The van der Waals surface area contributed by atoms with Gasteiger partial charge in [0.1, 0.15) is 0 Å². The molecule has 1 N–H and O–H groups in total. The molecule has 2 aromatic rings. The second-order valence-corrected chi connectivity index (χ2v) is 6.30. The van der Waals surface area contributed by atoms with Crippen LogP contribution in [0.3, 0.4) is 0 Å². The third-order valence-corrected chi connectivity index (χ3v) is 4.68. The third-order valence-electron chi connectivity index (χ3n) is 3.61. The molecule has 0 spiro atoms. The molecule has 1 aliphatic carbocycles. The average molecular weight is 326 g/mol. The number of aryl methyl sites for hydroxylation is 2. The molecular weight excluding hydrogens is 310 g/mol. The van der Waals surface area contributed by atoms with Crippen molar-refractivity contribution in [3.05, 3.63) is 28.5 Å². The zero-order valence-corrected chi connectivity index (χ0v) is 12.7. The van der Waals surface area contributed by atoms with E-state index in [1.54, 1.807) is 0 Å². The van der Waals surface area contributed by atoms with Crippen molar-refractivity contribution in [1.29, 1.82) is 0 Å². The molecule has 1 amide bonds. The van der Waals surface area contributed by atoms with Gasteiger partial charge in [-0.2, -0.15) is 13.9 Å². The fourth-order valence-electron chi connectivity index (χ4n) is 2.49. The molecule has 0 saturated carbocycles. The average Bonchev–Trinajstić information content (AvgIpc) is 3.07. The van der Waals surface area contributed by atoms with Gasteiger partial charge in [0.2, 0.25) is 0 Å². The van der Waals surface area contributed by atoms with Crippen molar-refractivity contribution < 1.29 is 13.6 Å². The highest BCUT2D eigenvalue weighted by Crippen LogP contribution is 2.28. The van der Waals surface area contributed by atoms with Gasteiger partial charge in [-0.15, -0.1) is 11.3 Å². The number of nitrogens with one attached hydrogen (secondary N) is 1. The number of carbonyl (C=O) groups excluding carboxylic acids is 1. The van der Waals surface area contributed by atoms with Crippen molar-refractivity contribution in [3.63, 3.8) is 0 Å². The minimum atomic E-state index is -2.75. The lowest BCUT2D eigenvalue weighted by atomic mass is 10.0. The summed E-state index contributed by atoms with van der Waals surface area (Å²) in [5.74, 6) is -0.513. The SMILES string of the molecule is O=C(Nc1nc2c(s1)CCCCCC2)c1ccn(C(F)F)n1. The van der Waals surface area contributed by atoms with Gasteiger partial charge in [-0.25, -0.2) is 9.67 Å². The Morgan fingerprint density at radius 3 is 2.77 bits per heavy atom. The number of hydrogen-bond acceptors (Lipinski definition) is 4. The fourth-order valence-corrected chi connectivity index (χ4v) is 3.53. The van der Waals surface area contributed by atoms with Crippen molar-refractivity contribution in [1.82, 2.24) is 14.8 Å². The molecule has 0 aromatic carbocycles. The lowest BCUT2D eigenvalue weighted by molar-refractivity contribution is 0.0561. The minimum Gasteiger partial charge on any atom is -0.296 e. The Kier molecular flexibility index (Phi) is 4.47. The molecule has 0 fully saturated rings. The van der Waals surface area contributed by atoms with Gasteiger partial charge in [-0.05, 0) is 31.7 Å². The van der Waals surface area contributed by atoms with E-state index in [1.807, 2.05) is 0 Å². The summed E-state index contributed by atoms with van der Waals surface area (Å²) in [4.78, 5) is 17.7. The molecule has 22 heavy (non-hydrogen) atoms. The number of fused-ring (bicyclic) bond motifs is 1. The summed E-state index contributed by atoms with van der Waals surface area (Å²) in [6.45, 7) is -2.75. The summed E-state index contributed by atoms with van der Waals surface area (Å²) in [6.07, 6.45) is 7.70. The van der Waals surface area contributed by atoms with Gasteiger partial charge < -0.3 is 0 Å². The van der Waals surface area contributed by atoms with E-state index in [2.05, 4.69) is 15.4 Å². The van der Waals surface area contributed by atoms with E-state index in [0.717, 1.165) is 37.6 Å². The van der Waals surface area contributed by atoms with Crippen molar-refractivity contribution in [2.45, 2.75) is 45.1 Å². The van der Waals surface area contributed by atoms with Gasteiger partial charge >= 0.3 is 6.55 Å². The number of halogens is 2. The first-order valence-corrected chi connectivity index (χ1v) is 8.08. The molecule has 118 valence electrons. The monoisotopic (exact) mass is 326 g/mol. The first-order chi connectivity index (χ1) is 10.6. The molecule has 0 radical (unpaired) electrons. The molecule has 2 heterocycles. The Bertz CT molecular complexity index is 642. The quantitative estimate of drug-likeness (QED) is 0.936. The maximum atomic E-state index is 12.5. The summed E-state index contributed by atoms with van der Waals surface area (Å²) < 4.78 is 25.4. The summed E-state index contributed by atoms with van der Waals surface area (Å²) >= 11 is 1.47. The molecular formula is C14H16F2N4OS. The predicted molar refractivity (Wildman–Crippen MR) is 79.4 cm³/mol. The van der Waals surface area contributed by atoms with Crippen molar-refractivity contribution in [2.75, 3.05) is 5.32 Å². The van der Waals surface area contributed by atoms with Crippen LogP contribution in [0, 0.1) is 0 Å². The second kappa shape index (κ2) is 6.51. The Morgan fingerprint density at radius 2 is 2.05 bits per heavy atom. The van der Waals surface area contributed by atoms with E-state index in [4.69, 9.17) is 0 Å². The number of rotatable bonds is 3. The Morgan fingerprint density at radius 1 is 1.27 bits per heavy atom. The van der Waals surface area contributed by atoms with Crippen LogP contribution in [0.15, 0.2) is 12.3 Å². The summed E-state index contributed by atoms with van der Waals surface area (Å²) in [6, 6.07) is 1.27. The topological polar surface area (TPSA) is 59.8 Å². The Hall–Kier alpha value is -1.83. The highest BCUT2D eigenvalue weighted by molar-refractivity contribution is 7.15. The highest BCUT2D eigenvalue weighted by atomic mass is 32.1. The Labute approximate surface area is 130 Å². The molecule has 0 unspecified atom stereocenters. The summed E-state index contributed by atoms with van der Waals surface area (Å²) in [7, 11) is 0. The van der Waals surface area contributed by atoms with Crippen LogP contribution in [0.25, 0.3) is 0 Å². The summed E-state index contributed by atoms with van der Waals surface area (Å²) in [5, 5.41) is 6.72. The molecule has 0 bridgehead atoms. The van der Waals surface area contributed by atoms with Crippen molar-refractivity contribution >= 4 is 22.4 Å². The van der Waals surface area contributed by atoms with Gasteiger partial charge in [-0.1, -0.05) is 12.8 Å². The van der Waals surface area contributed by atoms with E-state index >= 15 is 0 Å². The minimum absolute atomic E-state index is 0.0390. The van der Waals surface area contributed by atoms with Crippen LogP contribution in [0.1, 0.15) is 53.3 Å². The smallest absolute Gasteiger partial charge is 0.296 e. The standard InChI is InChI=1S/C14H16F2N4OS/c15-13(16)20-8-7-10(19-20)12(21)18-14-17-9-5-3-1-2-4-6-11(9)22-14/h7-8,13H,1-6H2,(H,17,18,21). The molecule has 0 aliphatic heterocycles. The van der Waals surface area contributed by atoms with Crippen LogP contribution in [-0.2, 0) is 12.8 Å². The Balaban J connectivity index is 1.72. The van der Waals surface area contributed by atoms with E-state index in [1.165, 1.54) is 35.1 Å². The first kappa shape index (κ1) is 15.1. The van der Waals surface area contributed by atoms with Gasteiger partial charge in [-0.3, -0.25) is 10.1 Å². The van der Waals surface area contributed by atoms with Crippen molar-refractivity contribution in [2.24, 2.45) is 0 Å². The lowest BCUT2D eigenvalue weighted by Gasteiger charge is -2.06. The van der Waals surface area contributed by atoms with E-state index < -0.39 is 12.5 Å². The van der Waals surface area contributed by atoms with Crippen LogP contribution in [-0.4, -0.2) is 20.7 Å². The maximum Gasteiger partial charge on any atom is 0.333 e. The largest absolute Gasteiger partial charge is 0.333 e. The van der Waals surface area contributed by atoms with Crippen LogP contribution in [0.4, 0.5) is 13.9 Å². The van der Waals surface area contributed by atoms with E-state index in [9.17, 15) is 13.6 Å². The maximum absolute atomic E-state index is 12.5. The molecule has 8 heteroatoms. The number of amides is 1. The molecule has 0 saturated heterocycles. The summed E-state index contributed by atoms with van der Waals surface area (Å²) in [5.41, 5.74) is 1.01. The first-order valence-electron chi connectivity index (χ1n) is 7.27. The number of carbonyl (C=O) groups is 1. The zero-order chi connectivity index (χ0) is 15.5. The fraction of sp³-hybridized carbons (Fsp3) is 0.500. The third kappa shape index (κ3) is 3.32. The van der Waals surface area contributed by atoms with Crippen LogP contribution in [0.2, 0.25) is 0 Å². The van der Waals surface area contributed by atoms with Crippen LogP contribution in [0.5, 0.6) is 0 Å². The molecule has 5 nitrogen and oxygen atoms in total. The number of thiazole rings is 1. The van der Waals surface area contributed by atoms with Gasteiger partial charge in [0, 0.05) is 11.1 Å². The normalized spacial score (nSPS) is 15.2. The highest BCUT2D eigenvalue weighted by Gasteiger charge is 2.17. The molecule has 1 aliphatic rings. The number of nitrogens with zero attached hydrogens (tertiary/aromatic N) is 3. The molecule has 3 rings (SSSR count). The zero-order valence-electron chi connectivity index (χ0n) is 11.9. The molecule has 2 aromatic heterocycles. The van der Waals surface area contributed by atoms with Gasteiger partial charge in [0.25, 0.3) is 5.91 Å². The van der Waals surface area contributed by atoms with Gasteiger partial charge in [0.05, 0.1) is 5.69 Å². The van der Waals surface area contributed by atoms with Crippen LogP contribution < -0.4 is 5.32 Å².